The number of hydrogen-bond acceptors (Lipinski definition) is 5. The lowest BCUT2D eigenvalue weighted by Gasteiger charge is -2.09. The molecule has 0 aliphatic carbocycles. The molecule has 1 aromatic heterocycles. The molecule has 0 radical (unpaired) electrons. The van der Waals surface area contributed by atoms with Gasteiger partial charge in [0.1, 0.15) is 18.2 Å². The lowest BCUT2D eigenvalue weighted by atomic mass is 10.0. The van der Waals surface area contributed by atoms with Crippen molar-refractivity contribution in [2.24, 2.45) is 0 Å². The van der Waals surface area contributed by atoms with Crippen LogP contribution in [0.2, 0.25) is 0 Å². The summed E-state index contributed by atoms with van der Waals surface area (Å²) in [7, 11) is -1.22. The molecule has 1 atom stereocenters. The fourth-order valence-corrected chi connectivity index (χ4v) is 5.61. The lowest BCUT2D eigenvalue weighted by Crippen LogP contribution is -2.07. The van der Waals surface area contributed by atoms with Crippen LogP contribution in [0.25, 0.3) is 17.2 Å². The van der Waals surface area contributed by atoms with E-state index in [1.165, 1.54) is 18.2 Å². The summed E-state index contributed by atoms with van der Waals surface area (Å²) in [6, 6.07) is 19.7. The minimum Gasteiger partial charge on any atom is -0.491 e. The monoisotopic (exact) mass is 602 g/mol. The summed E-state index contributed by atoms with van der Waals surface area (Å²) in [6.07, 6.45) is 9.73. The van der Waals surface area contributed by atoms with Gasteiger partial charge in [-0.2, -0.15) is 0 Å². The highest BCUT2D eigenvalue weighted by molar-refractivity contribution is 7.84. The summed E-state index contributed by atoms with van der Waals surface area (Å²) < 4.78 is 40.7. The van der Waals surface area contributed by atoms with Crippen LogP contribution in [-0.2, 0) is 39.0 Å². The first kappa shape index (κ1) is 32.0. The summed E-state index contributed by atoms with van der Waals surface area (Å²) in [5.41, 5.74) is 3.83. The van der Waals surface area contributed by atoms with E-state index in [1.807, 2.05) is 41.0 Å². The highest BCUT2D eigenvalue weighted by atomic mass is 32.2. The van der Waals surface area contributed by atoms with Gasteiger partial charge in [-0.1, -0.05) is 50.6 Å². The van der Waals surface area contributed by atoms with Gasteiger partial charge in [-0.05, 0) is 78.1 Å². The number of carbonyl (C=O) groups excluding carboxylic acids is 1. The largest absolute Gasteiger partial charge is 0.491 e. The van der Waals surface area contributed by atoms with Crippen molar-refractivity contribution >= 4 is 22.7 Å². The second-order valence-corrected chi connectivity index (χ2v) is 11.7. The summed E-state index contributed by atoms with van der Waals surface area (Å²) in [5, 5.41) is 0. The van der Waals surface area contributed by atoms with E-state index in [0.29, 0.717) is 29.4 Å². The van der Waals surface area contributed by atoms with Crippen LogP contribution in [0, 0.1) is 5.82 Å². The number of aromatic nitrogens is 2. The van der Waals surface area contributed by atoms with Gasteiger partial charge in [-0.25, -0.2) is 9.37 Å². The van der Waals surface area contributed by atoms with Crippen LogP contribution >= 0.6 is 0 Å². The van der Waals surface area contributed by atoms with Crippen molar-refractivity contribution in [3.8, 4) is 16.9 Å². The second-order valence-electron chi connectivity index (χ2n) is 10.3. The van der Waals surface area contributed by atoms with Crippen molar-refractivity contribution < 1.29 is 22.9 Å². The van der Waals surface area contributed by atoms with E-state index >= 15 is 0 Å². The van der Waals surface area contributed by atoms with Crippen LogP contribution < -0.4 is 4.74 Å². The standard InChI is InChI=1S/C35H39FN2O4S/c1-3-5-19-41-20-21-42-33-13-9-28(10-14-33)29-11-17-35(36)30(23-29)8-12-32(39)22-27-6-15-34(16-7-27)43(40)25-31-24-37-26-38(31)18-4-2/h6-17,23-24,26H,3-5,18-22,25H2,1-2H3/b12-8+/t43-/m1/s1. The third-order valence-electron chi connectivity index (χ3n) is 6.88. The normalized spacial score (nSPS) is 12.1. The Labute approximate surface area is 256 Å². The molecule has 0 bridgehead atoms. The summed E-state index contributed by atoms with van der Waals surface area (Å²) in [6.45, 7) is 6.84. The number of aryl methyl sites for hydroxylation is 1. The molecule has 0 N–H and O–H groups in total. The molecule has 0 amide bonds. The number of ketones is 1. The van der Waals surface area contributed by atoms with Crippen LogP contribution in [0.4, 0.5) is 4.39 Å². The van der Waals surface area contributed by atoms with E-state index in [-0.39, 0.29) is 12.2 Å². The lowest BCUT2D eigenvalue weighted by molar-refractivity contribution is -0.113. The van der Waals surface area contributed by atoms with Crippen LogP contribution in [0.5, 0.6) is 5.75 Å². The molecular weight excluding hydrogens is 563 g/mol. The zero-order chi connectivity index (χ0) is 30.4. The second kappa shape index (κ2) is 16.7. The fraction of sp³-hybridized carbons (Fsp3) is 0.314. The Bertz CT molecular complexity index is 1510. The Morgan fingerprint density at radius 1 is 0.953 bits per heavy atom. The number of unbranched alkanes of at least 4 members (excludes halogenated alkanes) is 1. The molecule has 4 rings (SSSR count). The number of nitrogens with zero attached hydrogens (tertiary/aromatic N) is 2. The maximum absolute atomic E-state index is 14.6. The van der Waals surface area contributed by atoms with Gasteiger partial charge in [0.2, 0.25) is 0 Å². The molecule has 3 aromatic carbocycles. The SMILES string of the molecule is CCCCOCCOc1ccc(-c2ccc(F)c(/C=C/C(=O)Cc3ccc([S@](=O)Cc4cncn4CCC)cc3)c2)cc1. The number of hydrogen-bond donors (Lipinski definition) is 0. The van der Waals surface area contributed by atoms with Gasteiger partial charge in [0.15, 0.2) is 5.78 Å². The highest BCUT2D eigenvalue weighted by Crippen LogP contribution is 2.25. The topological polar surface area (TPSA) is 70.4 Å². The molecule has 0 aliphatic rings. The third kappa shape index (κ3) is 9.83. The zero-order valence-corrected chi connectivity index (χ0v) is 25.7. The van der Waals surface area contributed by atoms with Gasteiger partial charge < -0.3 is 14.0 Å². The molecule has 0 spiro atoms. The van der Waals surface area contributed by atoms with E-state index in [1.54, 1.807) is 36.8 Å². The first-order valence-electron chi connectivity index (χ1n) is 14.7. The molecule has 0 fully saturated rings. The number of rotatable bonds is 17. The number of carbonyl (C=O) groups is 1. The minimum atomic E-state index is -1.22. The summed E-state index contributed by atoms with van der Waals surface area (Å²) in [5.74, 6) is 0.581. The maximum Gasteiger partial charge on any atom is 0.160 e. The van der Waals surface area contributed by atoms with Crippen LogP contribution in [-0.4, -0.2) is 39.4 Å². The number of imidazole rings is 1. The summed E-state index contributed by atoms with van der Waals surface area (Å²) in [4.78, 5) is 17.5. The van der Waals surface area contributed by atoms with Gasteiger partial charge in [0.05, 0.1) is 35.2 Å². The molecule has 0 saturated carbocycles. The van der Waals surface area contributed by atoms with Crippen molar-refractivity contribution in [3.05, 3.63) is 108 Å². The van der Waals surface area contributed by atoms with E-state index < -0.39 is 16.6 Å². The van der Waals surface area contributed by atoms with Crippen LogP contribution in [0.3, 0.4) is 0 Å². The smallest absolute Gasteiger partial charge is 0.160 e. The predicted molar refractivity (Wildman–Crippen MR) is 170 cm³/mol. The molecule has 6 nitrogen and oxygen atoms in total. The number of halogens is 1. The minimum absolute atomic E-state index is 0.151. The number of ether oxygens (including phenoxy) is 2. The molecule has 226 valence electrons. The zero-order valence-electron chi connectivity index (χ0n) is 24.8. The molecule has 8 heteroatoms. The molecule has 0 saturated heterocycles. The third-order valence-corrected chi connectivity index (χ3v) is 8.23. The Balaban J connectivity index is 1.31. The average molecular weight is 603 g/mol. The van der Waals surface area contributed by atoms with E-state index in [9.17, 15) is 13.4 Å². The van der Waals surface area contributed by atoms with E-state index in [0.717, 1.165) is 60.5 Å². The van der Waals surface area contributed by atoms with Crippen LogP contribution in [0.15, 0.2) is 90.2 Å². The van der Waals surface area contributed by atoms with Crippen molar-refractivity contribution in [2.75, 3.05) is 19.8 Å². The molecule has 43 heavy (non-hydrogen) atoms. The first-order chi connectivity index (χ1) is 21.0. The molecular formula is C35H39FN2O4S. The Kier molecular flexibility index (Phi) is 12.4. The Morgan fingerprint density at radius 2 is 1.72 bits per heavy atom. The van der Waals surface area contributed by atoms with Crippen molar-refractivity contribution in [1.29, 1.82) is 0 Å². The average Bonchev–Trinajstić information content (AvgIpc) is 3.45. The maximum atomic E-state index is 14.6. The summed E-state index contributed by atoms with van der Waals surface area (Å²) >= 11 is 0. The van der Waals surface area contributed by atoms with Gasteiger partial charge in [0, 0.05) is 36.2 Å². The first-order valence-corrected chi connectivity index (χ1v) is 16.1. The number of benzene rings is 3. The Morgan fingerprint density at radius 3 is 2.47 bits per heavy atom. The highest BCUT2D eigenvalue weighted by Gasteiger charge is 2.10. The van der Waals surface area contributed by atoms with E-state index in [4.69, 9.17) is 9.47 Å². The van der Waals surface area contributed by atoms with Crippen molar-refractivity contribution in [3.63, 3.8) is 0 Å². The van der Waals surface area contributed by atoms with Gasteiger partial charge >= 0.3 is 0 Å². The molecule has 0 unspecified atom stereocenters. The molecule has 1 heterocycles. The van der Waals surface area contributed by atoms with Gasteiger partial charge in [-0.3, -0.25) is 9.00 Å². The van der Waals surface area contributed by atoms with Gasteiger partial charge in [-0.15, -0.1) is 0 Å². The van der Waals surface area contributed by atoms with Crippen molar-refractivity contribution in [1.82, 2.24) is 9.55 Å². The molecule has 0 aliphatic heterocycles. The van der Waals surface area contributed by atoms with Crippen molar-refractivity contribution in [2.45, 2.75) is 56.7 Å². The fourth-order valence-electron chi connectivity index (χ4n) is 4.49. The quantitative estimate of drug-likeness (QED) is 0.0929. The van der Waals surface area contributed by atoms with E-state index in [2.05, 4.69) is 18.8 Å². The van der Waals surface area contributed by atoms with Crippen LogP contribution in [0.1, 0.15) is 49.9 Å². The Hall–Kier alpha value is -3.88. The number of allylic oxidation sites excluding steroid dienone is 1. The van der Waals surface area contributed by atoms with Gasteiger partial charge in [0.25, 0.3) is 0 Å². The predicted octanol–water partition coefficient (Wildman–Crippen LogP) is 7.43. The molecule has 4 aromatic rings.